The molecule has 0 saturated heterocycles. The summed E-state index contributed by atoms with van der Waals surface area (Å²) in [5.41, 5.74) is 2.51. The zero-order valence-corrected chi connectivity index (χ0v) is 18.2. The Morgan fingerprint density at radius 2 is 1.85 bits per heavy atom. The molecule has 1 unspecified atom stereocenters. The van der Waals surface area contributed by atoms with Gasteiger partial charge in [-0.25, -0.2) is 0 Å². The Hall–Kier alpha value is -1.76. The molecule has 1 aromatic carbocycles. The van der Waals surface area contributed by atoms with Crippen LogP contribution in [0.1, 0.15) is 38.8 Å². The number of nitrogens with one attached hydrogen (secondary N) is 1. The Morgan fingerprint density at radius 1 is 1.22 bits per heavy atom. The SMILES string of the molecule is CCNC(=NCCS(=O)C(C)(C)C)N1CCc2cc(OC)c(OC)cc2C1. The van der Waals surface area contributed by atoms with Crippen LogP contribution in [0.4, 0.5) is 0 Å². The molecular weight excluding hydrogens is 362 g/mol. The molecule has 0 fully saturated rings. The predicted octanol–water partition coefficient (Wildman–Crippen LogP) is 2.57. The normalized spacial score (nSPS) is 15.9. The van der Waals surface area contributed by atoms with Gasteiger partial charge in [0.1, 0.15) is 0 Å². The van der Waals surface area contributed by atoms with Crippen LogP contribution in [0, 0.1) is 0 Å². The van der Waals surface area contributed by atoms with Gasteiger partial charge in [0.05, 0.1) is 20.8 Å². The van der Waals surface area contributed by atoms with Crippen molar-refractivity contribution >= 4 is 16.8 Å². The van der Waals surface area contributed by atoms with Crippen molar-refractivity contribution in [3.05, 3.63) is 23.3 Å². The number of hydrogen-bond donors (Lipinski definition) is 1. The highest BCUT2D eigenvalue weighted by Crippen LogP contribution is 2.33. The van der Waals surface area contributed by atoms with Crippen LogP contribution in [-0.4, -0.2) is 59.4 Å². The van der Waals surface area contributed by atoms with Gasteiger partial charge in [0, 0.05) is 40.9 Å². The Balaban J connectivity index is 2.13. The average molecular weight is 396 g/mol. The Morgan fingerprint density at radius 3 is 2.41 bits per heavy atom. The first-order valence-corrected chi connectivity index (χ1v) is 10.8. The summed E-state index contributed by atoms with van der Waals surface area (Å²) in [4.78, 5) is 6.97. The maximum atomic E-state index is 12.3. The molecule has 1 aromatic rings. The summed E-state index contributed by atoms with van der Waals surface area (Å²) in [7, 11) is 2.43. The summed E-state index contributed by atoms with van der Waals surface area (Å²) in [5.74, 6) is 2.98. The second-order valence-corrected chi connectivity index (χ2v) is 9.87. The van der Waals surface area contributed by atoms with Gasteiger partial charge in [0.2, 0.25) is 0 Å². The number of aliphatic imine (C=N–C) groups is 1. The van der Waals surface area contributed by atoms with Crippen molar-refractivity contribution in [2.45, 2.75) is 45.4 Å². The van der Waals surface area contributed by atoms with Crippen molar-refractivity contribution < 1.29 is 13.7 Å². The lowest BCUT2D eigenvalue weighted by molar-refractivity contribution is 0.346. The summed E-state index contributed by atoms with van der Waals surface area (Å²) >= 11 is 0. The van der Waals surface area contributed by atoms with E-state index in [2.05, 4.69) is 29.3 Å². The van der Waals surface area contributed by atoms with Crippen molar-refractivity contribution in [1.29, 1.82) is 0 Å². The van der Waals surface area contributed by atoms with Gasteiger partial charge in [0.25, 0.3) is 0 Å². The third-order valence-electron chi connectivity index (χ3n) is 4.57. The van der Waals surface area contributed by atoms with Gasteiger partial charge in [-0.2, -0.15) is 0 Å². The third kappa shape index (κ3) is 5.61. The summed E-state index contributed by atoms with van der Waals surface area (Å²) in [5, 5.41) is 3.37. The van der Waals surface area contributed by atoms with Gasteiger partial charge in [-0.05, 0) is 57.4 Å². The fourth-order valence-electron chi connectivity index (χ4n) is 3.03. The zero-order chi connectivity index (χ0) is 20.0. The van der Waals surface area contributed by atoms with E-state index >= 15 is 0 Å². The lowest BCUT2D eigenvalue weighted by Crippen LogP contribution is -2.44. The zero-order valence-electron chi connectivity index (χ0n) is 17.4. The Bertz CT molecular complexity index is 698. The van der Waals surface area contributed by atoms with Crippen LogP contribution in [-0.2, 0) is 23.8 Å². The first kappa shape index (κ1) is 21.5. The Labute approximate surface area is 165 Å². The number of ether oxygens (including phenoxy) is 2. The fourth-order valence-corrected chi connectivity index (χ4v) is 3.90. The van der Waals surface area contributed by atoms with Gasteiger partial charge >= 0.3 is 0 Å². The van der Waals surface area contributed by atoms with Crippen molar-refractivity contribution in [3.63, 3.8) is 0 Å². The lowest BCUT2D eigenvalue weighted by Gasteiger charge is -2.32. The van der Waals surface area contributed by atoms with E-state index in [-0.39, 0.29) is 4.75 Å². The van der Waals surface area contributed by atoms with Gasteiger partial charge in [-0.1, -0.05) is 0 Å². The molecule has 1 atom stereocenters. The highest BCUT2D eigenvalue weighted by atomic mass is 32.2. The first-order chi connectivity index (χ1) is 12.8. The molecule has 0 aliphatic carbocycles. The van der Waals surface area contributed by atoms with Crippen LogP contribution < -0.4 is 14.8 Å². The van der Waals surface area contributed by atoms with Crippen LogP contribution in [0.2, 0.25) is 0 Å². The topological polar surface area (TPSA) is 63.2 Å². The minimum atomic E-state index is -0.891. The maximum Gasteiger partial charge on any atom is 0.194 e. The van der Waals surface area contributed by atoms with Crippen LogP contribution in [0.15, 0.2) is 17.1 Å². The summed E-state index contributed by atoms with van der Waals surface area (Å²) in [6, 6.07) is 4.13. The first-order valence-electron chi connectivity index (χ1n) is 9.45. The number of nitrogens with zero attached hydrogens (tertiary/aromatic N) is 2. The summed E-state index contributed by atoms with van der Waals surface area (Å²) in [6.07, 6.45) is 0.925. The van der Waals surface area contributed by atoms with Gasteiger partial charge in [-0.3, -0.25) is 9.20 Å². The molecule has 0 amide bonds. The van der Waals surface area contributed by atoms with Crippen LogP contribution in [0.5, 0.6) is 11.5 Å². The molecule has 0 radical (unpaired) electrons. The van der Waals surface area contributed by atoms with E-state index in [1.54, 1.807) is 14.2 Å². The van der Waals surface area contributed by atoms with Gasteiger partial charge in [0.15, 0.2) is 17.5 Å². The summed E-state index contributed by atoms with van der Waals surface area (Å²) in [6.45, 7) is 11.1. The molecule has 0 aromatic heterocycles. The molecule has 7 heteroatoms. The molecule has 6 nitrogen and oxygen atoms in total. The van der Waals surface area contributed by atoms with Gasteiger partial charge < -0.3 is 19.7 Å². The van der Waals surface area contributed by atoms with Crippen molar-refractivity contribution in [1.82, 2.24) is 10.2 Å². The number of hydrogen-bond acceptors (Lipinski definition) is 4. The van der Waals surface area contributed by atoms with Crippen molar-refractivity contribution in [2.24, 2.45) is 4.99 Å². The standard InChI is InChI=1S/C20H33N3O3S/c1-7-21-19(22-9-11-27(24)20(2,3)4)23-10-8-15-12-17(25-5)18(26-6)13-16(15)14-23/h12-13H,7-11,14H2,1-6H3,(H,21,22). The highest BCUT2D eigenvalue weighted by Gasteiger charge is 2.22. The Kier molecular flexibility index (Phi) is 7.53. The molecule has 1 N–H and O–H groups in total. The maximum absolute atomic E-state index is 12.3. The molecule has 2 rings (SSSR count). The van der Waals surface area contributed by atoms with E-state index < -0.39 is 10.8 Å². The van der Waals surface area contributed by atoms with E-state index in [1.165, 1.54) is 11.1 Å². The third-order valence-corrected chi connectivity index (χ3v) is 6.49. The van der Waals surface area contributed by atoms with E-state index in [0.717, 1.165) is 43.5 Å². The highest BCUT2D eigenvalue weighted by molar-refractivity contribution is 7.86. The van der Waals surface area contributed by atoms with Crippen LogP contribution in [0.3, 0.4) is 0 Å². The van der Waals surface area contributed by atoms with Crippen LogP contribution in [0.25, 0.3) is 0 Å². The van der Waals surface area contributed by atoms with E-state index in [4.69, 9.17) is 14.5 Å². The molecule has 1 aliphatic heterocycles. The summed E-state index contributed by atoms with van der Waals surface area (Å²) < 4.78 is 22.9. The molecule has 0 saturated carbocycles. The smallest absolute Gasteiger partial charge is 0.194 e. The number of methoxy groups -OCH3 is 2. The number of benzene rings is 1. The molecule has 0 spiro atoms. The second-order valence-electron chi connectivity index (χ2n) is 7.55. The monoisotopic (exact) mass is 395 g/mol. The number of guanidine groups is 1. The fraction of sp³-hybridized carbons (Fsp3) is 0.650. The van der Waals surface area contributed by atoms with Crippen LogP contribution >= 0.6 is 0 Å². The van der Waals surface area contributed by atoms with Gasteiger partial charge in [-0.15, -0.1) is 0 Å². The van der Waals surface area contributed by atoms with E-state index in [9.17, 15) is 4.21 Å². The molecule has 152 valence electrons. The van der Waals surface area contributed by atoms with Crippen molar-refractivity contribution in [3.8, 4) is 11.5 Å². The second kappa shape index (κ2) is 9.44. The molecule has 1 heterocycles. The lowest BCUT2D eigenvalue weighted by atomic mass is 9.99. The number of fused-ring (bicyclic) bond motifs is 1. The quantitative estimate of drug-likeness (QED) is 0.592. The van der Waals surface area contributed by atoms with Crippen molar-refractivity contribution in [2.75, 3.05) is 39.6 Å². The predicted molar refractivity (Wildman–Crippen MR) is 112 cm³/mol. The molecule has 1 aliphatic rings. The minimum absolute atomic E-state index is 0.201. The number of rotatable bonds is 6. The largest absolute Gasteiger partial charge is 0.493 e. The van der Waals surface area contributed by atoms with E-state index in [1.807, 2.05) is 20.8 Å². The molecular formula is C20H33N3O3S. The minimum Gasteiger partial charge on any atom is -0.493 e. The molecule has 0 bridgehead atoms. The average Bonchev–Trinajstić information content (AvgIpc) is 2.64. The van der Waals surface area contributed by atoms with E-state index in [0.29, 0.717) is 12.3 Å². The molecule has 27 heavy (non-hydrogen) atoms.